The summed E-state index contributed by atoms with van der Waals surface area (Å²) in [5.74, 6) is -0.728. The van der Waals surface area contributed by atoms with Crippen molar-refractivity contribution in [2.24, 2.45) is 16.9 Å². The number of nitrogens with two attached hydrogens (primary N) is 2. The minimum atomic E-state index is -0.439. The maximum Gasteiger partial charge on any atom is 0.223 e. The summed E-state index contributed by atoms with van der Waals surface area (Å²) in [6, 6.07) is 22.6. The number of carbonyl (C=O) groups is 4. The fourth-order valence-electron chi connectivity index (χ4n) is 6.44. The Bertz CT molecular complexity index is 2000. The largest absolute Gasteiger partial charge is 0.361 e. The van der Waals surface area contributed by atoms with Crippen LogP contribution in [0.4, 0.5) is 11.4 Å². The highest BCUT2D eigenvalue weighted by molar-refractivity contribution is 7.81. The third-order valence-electron chi connectivity index (χ3n) is 11.5. The highest BCUT2D eigenvalue weighted by Gasteiger charge is 2.36. The Morgan fingerprint density at radius 2 is 1.02 bits per heavy atom. The number of benzene rings is 3. The highest BCUT2D eigenvalue weighted by Crippen LogP contribution is 2.35. The molecule has 0 spiro atoms. The van der Waals surface area contributed by atoms with Crippen molar-refractivity contribution < 1.29 is 19.2 Å². The first kappa shape index (κ1) is 54.9. The van der Waals surface area contributed by atoms with Crippen LogP contribution in [0.15, 0.2) is 82.6 Å². The van der Waals surface area contributed by atoms with Crippen LogP contribution in [0, 0.1) is 5.41 Å². The fourth-order valence-corrected chi connectivity index (χ4v) is 7.18. The predicted octanol–water partition coefficient (Wildman–Crippen LogP) is 5.97. The number of rotatable bonds is 26. The van der Waals surface area contributed by atoms with Crippen LogP contribution in [0.2, 0.25) is 0 Å². The second-order valence-electron chi connectivity index (χ2n) is 17.2. The molecule has 3 aromatic carbocycles. The molecule has 4 amide bonds. The summed E-state index contributed by atoms with van der Waals surface area (Å²) in [5.41, 5.74) is 15.5. The normalized spacial score (nSPS) is 12.5. The molecular formula is C47H70N10O4S4. The Morgan fingerprint density at radius 3 is 1.40 bits per heavy atom. The number of nitrogens with zero attached hydrogens (tertiary/aromatic N) is 2. The zero-order chi connectivity index (χ0) is 48.0. The molecule has 0 fully saturated rings. The van der Waals surface area contributed by atoms with Gasteiger partial charge in [-0.05, 0) is 123 Å². The number of hydrogen-bond acceptors (Lipinski definition) is 10. The van der Waals surface area contributed by atoms with Gasteiger partial charge >= 0.3 is 0 Å². The van der Waals surface area contributed by atoms with Crippen LogP contribution < -0.4 is 43.4 Å². The van der Waals surface area contributed by atoms with Crippen LogP contribution in [0.3, 0.4) is 0 Å². The van der Waals surface area contributed by atoms with Crippen LogP contribution in [0.25, 0.3) is 0 Å². The summed E-state index contributed by atoms with van der Waals surface area (Å²) in [4.78, 5) is 57.9. The van der Waals surface area contributed by atoms with Crippen LogP contribution in [-0.2, 0) is 32.3 Å². The number of thiocarbonyl (C=S) groups is 2. The van der Waals surface area contributed by atoms with Crippen LogP contribution in [-0.4, -0.2) is 94.5 Å². The average Bonchev–Trinajstić information content (AvgIpc) is 3.27. The Labute approximate surface area is 407 Å². The van der Waals surface area contributed by atoms with Gasteiger partial charge in [-0.2, -0.15) is 0 Å². The molecule has 3 aromatic rings. The number of hydrogen-bond donors (Lipinski definition) is 10. The maximum absolute atomic E-state index is 13.8. The Morgan fingerprint density at radius 1 is 0.631 bits per heavy atom. The Hall–Kier alpha value is -4.46. The molecule has 14 nitrogen and oxygen atoms in total. The Kier molecular flexibility index (Phi) is 23.5. The minimum Gasteiger partial charge on any atom is -0.361 e. The van der Waals surface area contributed by atoms with Gasteiger partial charge < -0.3 is 53.2 Å². The van der Waals surface area contributed by atoms with Gasteiger partial charge in [-0.25, -0.2) is 0 Å². The molecule has 0 radical (unpaired) electrons. The second kappa shape index (κ2) is 27.9. The van der Waals surface area contributed by atoms with Gasteiger partial charge in [0.25, 0.3) is 0 Å². The van der Waals surface area contributed by atoms with E-state index in [0.717, 1.165) is 38.7 Å². The summed E-state index contributed by atoms with van der Waals surface area (Å²) in [7, 11) is 0. The summed E-state index contributed by atoms with van der Waals surface area (Å²) in [6.07, 6.45) is 2.26. The first-order chi connectivity index (χ1) is 30.8. The van der Waals surface area contributed by atoms with E-state index in [1.807, 2.05) is 86.6 Å². The number of thiol groups is 2. The third-order valence-corrected chi connectivity index (χ3v) is 12.6. The lowest BCUT2D eigenvalue weighted by molar-refractivity contribution is -0.134. The minimum absolute atomic E-state index is 0.0453. The molecule has 0 aliphatic carbocycles. The van der Waals surface area contributed by atoms with Gasteiger partial charge in [0.05, 0.1) is 0 Å². The quantitative estimate of drug-likeness (QED) is 0.0258. The fraction of sp³-hybridized carbons (Fsp3) is 0.489. The van der Waals surface area contributed by atoms with Crippen molar-refractivity contribution in [1.29, 1.82) is 0 Å². The highest BCUT2D eigenvalue weighted by atomic mass is 32.1. The van der Waals surface area contributed by atoms with E-state index in [1.54, 1.807) is 9.80 Å². The van der Waals surface area contributed by atoms with Gasteiger partial charge in [-0.1, -0.05) is 45.0 Å². The SMILES string of the molecule is CCC(C)(N)C(C)(C)CCN(Cc1ccc(CN(CCC(C)N)C(=O)CCC(=O)NCCNC(=S)Nc2ccc(S)cc2)cc1)C(=O)CCC(=O)NCCNC(=S)Nc1ccc(S)cc1. The van der Waals surface area contributed by atoms with E-state index < -0.39 is 5.54 Å². The molecule has 3 rings (SSSR count). The van der Waals surface area contributed by atoms with Gasteiger partial charge in [-0.3, -0.25) is 19.2 Å². The molecule has 2 unspecified atom stereocenters. The topological polar surface area (TPSA) is 199 Å². The summed E-state index contributed by atoms with van der Waals surface area (Å²) in [6.45, 7) is 13.4. The van der Waals surface area contributed by atoms with Crippen molar-refractivity contribution in [3.8, 4) is 0 Å². The van der Waals surface area contributed by atoms with E-state index in [0.29, 0.717) is 75.4 Å². The molecule has 0 aliphatic rings. The zero-order valence-electron chi connectivity index (χ0n) is 38.5. The molecule has 2 atom stereocenters. The summed E-state index contributed by atoms with van der Waals surface area (Å²) in [5, 5.41) is 18.9. The molecular weight excluding hydrogens is 897 g/mol. The van der Waals surface area contributed by atoms with Gasteiger partial charge in [0.1, 0.15) is 0 Å². The van der Waals surface area contributed by atoms with Gasteiger partial charge in [-0.15, -0.1) is 25.3 Å². The molecule has 65 heavy (non-hydrogen) atoms. The van der Waals surface area contributed by atoms with Gasteiger partial charge in [0.15, 0.2) is 10.2 Å². The lowest BCUT2D eigenvalue weighted by Gasteiger charge is -2.42. The first-order valence-corrected chi connectivity index (χ1v) is 23.9. The first-order valence-electron chi connectivity index (χ1n) is 22.2. The van der Waals surface area contributed by atoms with Crippen LogP contribution >= 0.6 is 49.7 Å². The Balaban J connectivity index is 1.53. The summed E-state index contributed by atoms with van der Waals surface area (Å²) < 4.78 is 0. The monoisotopic (exact) mass is 966 g/mol. The van der Waals surface area contributed by atoms with E-state index >= 15 is 0 Å². The number of carbonyl (C=O) groups excluding carboxylic acids is 4. The second-order valence-corrected chi connectivity index (χ2v) is 19.0. The average molecular weight is 967 g/mol. The molecule has 18 heteroatoms. The number of amides is 4. The molecule has 0 aromatic heterocycles. The van der Waals surface area contributed by atoms with E-state index in [2.05, 4.69) is 77.9 Å². The lowest BCUT2D eigenvalue weighted by Crippen LogP contribution is -2.51. The molecule has 356 valence electrons. The van der Waals surface area contributed by atoms with Crippen LogP contribution in [0.1, 0.15) is 90.7 Å². The van der Waals surface area contributed by atoms with Crippen molar-refractivity contribution in [3.05, 3.63) is 83.9 Å². The van der Waals surface area contributed by atoms with Crippen molar-refractivity contribution in [1.82, 2.24) is 31.1 Å². The lowest BCUT2D eigenvalue weighted by atomic mass is 9.70. The number of anilines is 2. The summed E-state index contributed by atoms with van der Waals surface area (Å²) >= 11 is 19.3. The van der Waals surface area contributed by atoms with E-state index in [4.69, 9.17) is 35.9 Å². The zero-order valence-corrected chi connectivity index (χ0v) is 41.9. The van der Waals surface area contributed by atoms with Gasteiger partial charge in [0, 0.05) is 111 Å². The predicted molar refractivity (Wildman–Crippen MR) is 277 cm³/mol. The van der Waals surface area contributed by atoms with Crippen molar-refractivity contribution in [2.75, 3.05) is 49.9 Å². The smallest absolute Gasteiger partial charge is 0.223 e. The van der Waals surface area contributed by atoms with Crippen LogP contribution in [0.5, 0.6) is 0 Å². The molecule has 0 saturated carbocycles. The molecule has 0 bridgehead atoms. The van der Waals surface area contributed by atoms with Crippen molar-refractivity contribution in [3.63, 3.8) is 0 Å². The van der Waals surface area contributed by atoms with Crippen molar-refractivity contribution >= 4 is 94.9 Å². The maximum atomic E-state index is 13.8. The van der Waals surface area contributed by atoms with Crippen molar-refractivity contribution in [2.45, 2.75) is 114 Å². The molecule has 10 N–H and O–H groups in total. The molecule has 0 saturated heterocycles. The van der Waals surface area contributed by atoms with E-state index in [1.165, 1.54) is 0 Å². The number of nitrogens with one attached hydrogen (secondary N) is 6. The van der Waals surface area contributed by atoms with Gasteiger partial charge in [0.2, 0.25) is 23.6 Å². The van der Waals surface area contributed by atoms with E-state index in [9.17, 15) is 19.2 Å². The molecule has 0 aliphatic heterocycles. The standard InChI is InChI=1S/C47H70N10O4S4/c1-6-47(5,49)46(3,4)24-30-57(43(61)22-20-41(59)51-26-28-53-45(65)55-37-13-17-39(63)18-14-37)32-35-9-7-34(8-10-35)31-56(29-23-33(2)48)42(60)21-19-40(58)50-25-27-52-44(64)54-36-11-15-38(62)16-12-36/h7-18,33,62-63H,6,19-32,48-49H2,1-5H3,(H,50,58)(H,51,59)(H2,52,54,64)(H2,53,55,65). The van der Waals surface area contributed by atoms with E-state index in [-0.39, 0.29) is 60.8 Å². The third kappa shape index (κ3) is 21.2. The molecule has 0 heterocycles.